The Hall–Kier alpha value is -1.10. The van der Waals surface area contributed by atoms with Gasteiger partial charge < -0.3 is 10.4 Å². The van der Waals surface area contributed by atoms with Gasteiger partial charge in [-0.25, -0.2) is 8.42 Å². The van der Waals surface area contributed by atoms with Gasteiger partial charge in [0.25, 0.3) is 5.91 Å². The van der Waals surface area contributed by atoms with Crippen molar-refractivity contribution < 1.29 is 23.1 Å². The molecule has 2 N–H and O–H groups in total. The fraction of sp³-hybridized carbons (Fsp3) is 0.467. The number of hydrogen-bond donors (Lipinski definition) is 2. The van der Waals surface area contributed by atoms with E-state index in [1.165, 1.54) is 38.0 Å². The fourth-order valence-electron chi connectivity index (χ4n) is 2.32. The molecule has 2 rings (SSSR count). The average molecular weight is 439 g/mol. The SMILES string of the molecule is O=C(O)CCSSCCNC(=O)c1ccc(N2CCCS2(=O)=O)cc1Cl. The number of nitrogens with one attached hydrogen (secondary N) is 1. The highest BCUT2D eigenvalue weighted by molar-refractivity contribution is 8.76. The maximum absolute atomic E-state index is 12.2. The van der Waals surface area contributed by atoms with Gasteiger partial charge in [0.05, 0.1) is 28.4 Å². The maximum Gasteiger partial charge on any atom is 0.304 e. The summed E-state index contributed by atoms with van der Waals surface area (Å²) in [6, 6.07) is 4.60. The number of carboxylic acid groups (broad SMARTS) is 1. The molecule has 1 amide bonds. The predicted molar refractivity (Wildman–Crippen MR) is 107 cm³/mol. The first-order valence-corrected chi connectivity index (χ1v) is 12.3. The second-order valence-electron chi connectivity index (χ2n) is 5.45. The molecule has 0 saturated carbocycles. The molecule has 0 radical (unpaired) electrons. The van der Waals surface area contributed by atoms with Gasteiger partial charge in [0, 0.05) is 24.6 Å². The molecule has 1 heterocycles. The molecule has 1 aliphatic heterocycles. The highest BCUT2D eigenvalue weighted by atomic mass is 35.5. The van der Waals surface area contributed by atoms with Crippen molar-refractivity contribution in [1.82, 2.24) is 5.32 Å². The average Bonchev–Trinajstić information content (AvgIpc) is 2.92. The number of nitrogens with zero attached hydrogens (tertiary/aromatic N) is 1. The summed E-state index contributed by atoms with van der Waals surface area (Å²) in [7, 11) is -0.356. The lowest BCUT2D eigenvalue weighted by molar-refractivity contribution is -0.136. The maximum atomic E-state index is 12.2. The summed E-state index contributed by atoms with van der Waals surface area (Å²) in [5.74, 6) is 0.112. The molecule has 1 aromatic carbocycles. The summed E-state index contributed by atoms with van der Waals surface area (Å²) in [6.07, 6.45) is 0.684. The van der Waals surface area contributed by atoms with E-state index in [1.54, 1.807) is 6.07 Å². The Bertz CT molecular complexity index is 773. The molecular formula is C15H19ClN2O5S3. The largest absolute Gasteiger partial charge is 0.481 e. The Labute approximate surface area is 165 Å². The van der Waals surface area contributed by atoms with Crippen molar-refractivity contribution in [3.05, 3.63) is 28.8 Å². The Morgan fingerprint density at radius 2 is 2.00 bits per heavy atom. The fourth-order valence-corrected chi connectivity index (χ4v) is 6.02. The van der Waals surface area contributed by atoms with Crippen LogP contribution in [0.5, 0.6) is 0 Å². The summed E-state index contributed by atoms with van der Waals surface area (Å²) in [4.78, 5) is 22.6. The lowest BCUT2D eigenvalue weighted by Crippen LogP contribution is -2.27. The molecule has 0 atom stereocenters. The van der Waals surface area contributed by atoms with Crippen LogP contribution in [0.25, 0.3) is 0 Å². The van der Waals surface area contributed by atoms with Crippen LogP contribution in [0.1, 0.15) is 23.2 Å². The van der Waals surface area contributed by atoms with Crippen LogP contribution in [0.3, 0.4) is 0 Å². The molecule has 0 spiro atoms. The minimum atomic E-state index is -3.29. The Morgan fingerprint density at radius 1 is 1.27 bits per heavy atom. The van der Waals surface area contributed by atoms with E-state index >= 15 is 0 Å². The predicted octanol–water partition coefficient (Wildman–Crippen LogP) is 2.47. The van der Waals surface area contributed by atoms with Crippen LogP contribution in [0.2, 0.25) is 5.02 Å². The first kappa shape index (κ1) is 21.2. The molecule has 1 aromatic rings. The third-order valence-corrected chi connectivity index (χ3v) is 8.13. The summed E-state index contributed by atoms with van der Waals surface area (Å²) in [6.45, 7) is 0.836. The third kappa shape index (κ3) is 5.97. The molecule has 11 heteroatoms. The smallest absolute Gasteiger partial charge is 0.304 e. The number of rotatable bonds is 9. The van der Waals surface area contributed by atoms with Gasteiger partial charge in [0.1, 0.15) is 0 Å². The summed E-state index contributed by atoms with van der Waals surface area (Å²) >= 11 is 6.16. The lowest BCUT2D eigenvalue weighted by atomic mass is 10.2. The second-order valence-corrected chi connectivity index (χ2v) is 10.6. The van der Waals surface area contributed by atoms with Crippen LogP contribution in [0.15, 0.2) is 18.2 Å². The van der Waals surface area contributed by atoms with Gasteiger partial charge in [0.2, 0.25) is 10.0 Å². The minimum Gasteiger partial charge on any atom is -0.481 e. The van der Waals surface area contributed by atoms with Gasteiger partial charge in [-0.2, -0.15) is 0 Å². The van der Waals surface area contributed by atoms with Gasteiger partial charge in [-0.05, 0) is 24.6 Å². The second kappa shape index (κ2) is 9.72. The minimum absolute atomic E-state index is 0.110. The number of amides is 1. The molecule has 7 nitrogen and oxygen atoms in total. The number of carboxylic acids is 1. The first-order valence-electron chi connectivity index (χ1n) is 7.85. The molecule has 1 saturated heterocycles. The Kier molecular flexibility index (Phi) is 7.93. The quantitative estimate of drug-likeness (QED) is 0.450. The lowest BCUT2D eigenvalue weighted by Gasteiger charge is -2.17. The Morgan fingerprint density at radius 3 is 2.62 bits per heavy atom. The Balaban J connectivity index is 1.83. The standard InChI is InChI=1S/C15H19ClN2O5S3/c16-13-10-11(18-6-1-9-26(18,22)23)2-3-12(13)15(21)17-5-8-25-24-7-4-14(19)20/h2-3,10H,1,4-9H2,(H,17,21)(H,19,20). The zero-order valence-electron chi connectivity index (χ0n) is 13.8. The van der Waals surface area contributed by atoms with E-state index < -0.39 is 16.0 Å². The summed E-state index contributed by atoms with van der Waals surface area (Å²) in [5, 5.41) is 11.5. The zero-order chi connectivity index (χ0) is 19.2. The van der Waals surface area contributed by atoms with Crippen molar-refractivity contribution in [1.29, 1.82) is 0 Å². The summed E-state index contributed by atoms with van der Waals surface area (Å²) in [5.41, 5.74) is 0.755. The molecule has 144 valence electrons. The number of carbonyl (C=O) groups is 2. The molecule has 0 aromatic heterocycles. The summed E-state index contributed by atoms with van der Waals surface area (Å²) < 4.78 is 25.2. The van der Waals surface area contributed by atoms with E-state index in [2.05, 4.69) is 5.32 Å². The highest BCUT2D eigenvalue weighted by Gasteiger charge is 2.29. The normalized spacial score (nSPS) is 15.8. The van der Waals surface area contributed by atoms with Crippen LogP contribution in [-0.4, -0.2) is 55.7 Å². The van der Waals surface area contributed by atoms with Gasteiger partial charge >= 0.3 is 5.97 Å². The van der Waals surface area contributed by atoms with E-state index in [0.29, 0.717) is 36.7 Å². The van der Waals surface area contributed by atoms with Crippen molar-refractivity contribution in [3.63, 3.8) is 0 Å². The molecular weight excluding hydrogens is 420 g/mol. The topological polar surface area (TPSA) is 104 Å². The molecule has 1 aliphatic rings. The van der Waals surface area contributed by atoms with E-state index in [4.69, 9.17) is 16.7 Å². The monoisotopic (exact) mass is 438 g/mol. The van der Waals surface area contributed by atoms with E-state index in [1.807, 2.05) is 0 Å². The van der Waals surface area contributed by atoms with Gasteiger partial charge in [0.15, 0.2) is 0 Å². The van der Waals surface area contributed by atoms with Gasteiger partial charge in [-0.3, -0.25) is 13.9 Å². The van der Waals surface area contributed by atoms with Crippen molar-refractivity contribution >= 4 is 60.8 Å². The first-order chi connectivity index (χ1) is 12.3. The number of carbonyl (C=O) groups excluding carboxylic acids is 1. The zero-order valence-corrected chi connectivity index (χ0v) is 17.0. The highest BCUT2D eigenvalue weighted by Crippen LogP contribution is 2.28. The van der Waals surface area contributed by atoms with Crippen molar-refractivity contribution in [2.75, 3.05) is 34.7 Å². The molecule has 0 aliphatic carbocycles. The molecule has 1 fully saturated rings. The van der Waals surface area contributed by atoms with Crippen LogP contribution in [0, 0.1) is 0 Å². The van der Waals surface area contributed by atoms with E-state index in [0.717, 1.165) is 0 Å². The number of sulfonamides is 1. The number of aliphatic carboxylic acids is 1. The third-order valence-electron chi connectivity index (χ3n) is 3.54. The number of benzene rings is 1. The van der Waals surface area contributed by atoms with Crippen molar-refractivity contribution in [2.45, 2.75) is 12.8 Å². The number of halogens is 1. The van der Waals surface area contributed by atoms with Crippen LogP contribution in [0.4, 0.5) is 5.69 Å². The molecule has 0 bridgehead atoms. The van der Waals surface area contributed by atoms with Crippen molar-refractivity contribution in [3.8, 4) is 0 Å². The van der Waals surface area contributed by atoms with Gasteiger partial charge in [-0.15, -0.1) is 0 Å². The van der Waals surface area contributed by atoms with Crippen LogP contribution in [-0.2, 0) is 14.8 Å². The number of hydrogen-bond acceptors (Lipinski definition) is 6. The number of anilines is 1. The van der Waals surface area contributed by atoms with Crippen LogP contribution >= 0.6 is 33.2 Å². The van der Waals surface area contributed by atoms with Crippen molar-refractivity contribution in [2.24, 2.45) is 0 Å². The van der Waals surface area contributed by atoms with E-state index in [9.17, 15) is 18.0 Å². The van der Waals surface area contributed by atoms with E-state index in [-0.39, 0.29) is 28.7 Å². The molecule has 0 unspecified atom stereocenters. The van der Waals surface area contributed by atoms with Crippen LogP contribution < -0.4 is 9.62 Å². The molecule has 26 heavy (non-hydrogen) atoms. The van der Waals surface area contributed by atoms with Gasteiger partial charge in [-0.1, -0.05) is 33.2 Å².